The van der Waals surface area contributed by atoms with Crippen molar-refractivity contribution in [1.29, 1.82) is 5.26 Å². The van der Waals surface area contributed by atoms with Gasteiger partial charge in [0.25, 0.3) is 0 Å². The summed E-state index contributed by atoms with van der Waals surface area (Å²) in [7, 11) is 0. The Hall–Kier alpha value is -3.84. The predicted octanol–water partition coefficient (Wildman–Crippen LogP) is 5.78. The lowest BCUT2D eigenvalue weighted by molar-refractivity contribution is -0.118. The number of carbonyl (C=O) groups is 1. The third-order valence-electron chi connectivity index (χ3n) is 6.53. The second kappa shape index (κ2) is 7.39. The molecular weight excluding hydrogens is 394 g/mol. The van der Waals surface area contributed by atoms with Gasteiger partial charge in [0, 0.05) is 23.4 Å². The first-order valence-corrected chi connectivity index (χ1v) is 10.9. The molecule has 0 radical (unpaired) electrons. The molecule has 1 aliphatic heterocycles. The number of hydrogen-bond donors (Lipinski definition) is 1. The zero-order chi connectivity index (χ0) is 22.5. The number of fused-ring (bicyclic) bond motifs is 1. The lowest BCUT2D eigenvalue weighted by Crippen LogP contribution is -2.42. The van der Waals surface area contributed by atoms with Crippen LogP contribution in [0.3, 0.4) is 0 Å². The minimum absolute atomic E-state index is 0.0929. The van der Waals surface area contributed by atoms with Gasteiger partial charge in [-0.1, -0.05) is 74.5 Å². The first-order valence-electron chi connectivity index (χ1n) is 10.9. The number of carbonyl (C=O) groups excluding carboxylic acids is 1. The average molecular weight is 420 g/mol. The summed E-state index contributed by atoms with van der Waals surface area (Å²) in [5.41, 5.74) is 10.4. The Kier molecular flexibility index (Phi) is 4.64. The van der Waals surface area contributed by atoms with Gasteiger partial charge < -0.3 is 5.73 Å². The van der Waals surface area contributed by atoms with E-state index in [0.29, 0.717) is 29.8 Å². The molecule has 0 bridgehead atoms. The number of Topliss-reactive ketones (excluding diaryl/α,β-unsaturated/α-hetero) is 1. The van der Waals surface area contributed by atoms with Crippen LogP contribution in [0.5, 0.6) is 0 Å². The minimum Gasteiger partial charge on any atom is -0.384 e. The van der Waals surface area contributed by atoms with E-state index in [4.69, 9.17) is 5.73 Å². The van der Waals surface area contributed by atoms with E-state index in [1.54, 1.807) is 0 Å². The zero-order valence-electron chi connectivity index (χ0n) is 18.3. The quantitative estimate of drug-likeness (QED) is 0.571. The second-order valence-electron chi connectivity index (χ2n) is 9.38. The number of benzene rings is 3. The Morgan fingerprint density at radius 3 is 2.41 bits per heavy atom. The maximum Gasteiger partial charge on any atom is 0.162 e. The molecule has 1 heterocycles. The van der Waals surface area contributed by atoms with Crippen molar-refractivity contribution in [2.75, 3.05) is 4.90 Å². The summed E-state index contributed by atoms with van der Waals surface area (Å²) >= 11 is 0. The van der Waals surface area contributed by atoms with Gasteiger partial charge in [-0.05, 0) is 40.3 Å². The van der Waals surface area contributed by atoms with Crippen LogP contribution in [0.4, 0.5) is 5.69 Å². The average Bonchev–Trinajstić information content (AvgIpc) is 2.78. The lowest BCUT2D eigenvalue weighted by atomic mass is 9.68. The van der Waals surface area contributed by atoms with Crippen LogP contribution in [-0.2, 0) is 4.79 Å². The van der Waals surface area contributed by atoms with Crippen LogP contribution in [-0.4, -0.2) is 5.78 Å². The fourth-order valence-corrected chi connectivity index (χ4v) is 5.19. The van der Waals surface area contributed by atoms with Crippen molar-refractivity contribution in [3.05, 3.63) is 101 Å². The smallest absolute Gasteiger partial charge is 0.162 e. The van der Waals surface area contributed by atoms with Gasteiger partial charge in [-0.3, -0.25) is 9.69 Å². The molecule has 0 saturated heterocycles. The fraction of sp³-hybridized carbons (Fsp3) is 0.214. The molecular formula is C28H25N3O. The number of hydrogen-bond acceptors (Lipinski definition) is 4. The molecule has 4 nitrogen and oxygen atoms in total. The summed E-state index contributed by atoms with van der Waals surface area (Å²) < 4.78 is 0. The molecule has 1 aliphatic carbocycles. The largest absolute Gasteiger partial charge is 0.384 e. The van der Waals surface area contributed by atoms with Crippen LogP contribution in [0.1, 0.15) is 38.2 Å². The van der Waals surface area contributed by atoms with Crippen molar-refractivity contribution in [2.24, 2.45) is 11.1 Å². The second-order valence-corrected chi connectivity index (χ2v) is 9.38. The predicted molar refractivity (Wildman–Crippen MR) is 127 cm³/mol. The minimum atomic E-state index is -0.468. The molecule has 1 unspecified atom stereocenters. The highest BCUT2D eigenvalue weighted by Crippen LogP contribution is 2.50. The normalized spacial score (nSPS) is 20.3. The van der Waals surface area contributed by atoms with Gasteiger partial charge in [-0.25, -0.2) is 0 Å². The maximum atomic E-state index is 13.7. The topological polar surface area (TPSA) is 70.1 Å². The number of nitriles is 1. The van der Waals surface area contributed by atoms with Crippen LogP contribution < -0.4 is 10.6 Å². The van der Waals surface area contributed by atoms with Crippen LogP contribution in [0.15, 0.2) is 95.5 Å². The Morgan fingerprint density at radius 2 is 1.66 bits per heavy atom. The standard InChI is InChI=1S/C28H25N3O/c1-28(2)15-23-26(24(32)16-28)25(21-14-8-10-18-9-6-7-13-20(18)21)22(17-29)27(30)31(23)19-11-4-3-5-12-19/h3-14,25H,15-16,30H2,1-2H3. The van der Waals surface area contributed by atoms with Crippen LogP contribution >= 0.6 is 0 Å². The van der Waals surface area contributed by atoms with Crippen molar-refractivity contribution in [1.82, 2.24) is 0 Å². The van der Waals surface area contributed by atoms with Gasteiger partial charge in [0.1, 0.15) is 5.82 Å². The van der Waals surface area contributed by atoms with Crippen LogP contribution in [0, 0.1) is 16.7 Å². The highest BCUT2D eigenvalue weighted by Gasteiger charge is 2.44. The summed E-state index contributed by atoms with van der Waals surface area (Å²) in [4.78, 5) is 15.6. The summed E-state index contributed by atoms with van der Waals surface area (Å²) in [5.74, 6) is 0.0286. The molecule has 32 heavy (non-hydrogen) atoms. The van der Waals surface area contributed by atoms with Crippen molar-refractivity contribution in [2.45, 2.75) is 32.6 Å². The van der Waals surface area contributed by atoms with Gasteiger partial charge in [-0.15, -0.1) is 0 Å². The third kappa shape index (κ3) is 3.09. The van der Waals surface area contributed by atoms with E-state index in [9.17, 15) is 10.1 Å². The molecule has 3 aromatic rings. The molecule has 2 N–H and O–H groups in total. The Morgan fingerprint density at radius 1 is 0.969 bits per heavy atom. The van der Waals surface area contributed by atoms with Gasteiger partial charge in [-0.2, -0.15) is 5.26 Å². The number of para-hydroxylation sites is 1. The van der Waals surface area contributed by atoms with Crippen LogP contribution in [0.2, 0.25) is 0 Å². The monoisotopic (exact) mass is 419 g/mol. The number of nitrogens with two attached hydrogens (primary N) is 1. The number of ketones is 1. The van der Waals surface area contributed by atoms with E-state index in [0.717, 1.165) is 27.7 Å². The maximum absolute atomic E-state index is 13.7. The van der Waals surface area contributed by atoms with E-state index >= 15 is 0 Å². The molecule has 0 saturated carbocycles. The molecule has 4 heteroatoms. The Labute approximate surface area is 188 Å². The van der Waals surface area contributed by atoms with E-state index in [1.165, 1.54) is 0 Å². The molecule has 158 valence electrons. The fourth-order valence-electron chi connectivity index (χ4n) is 5.19. The molecule has 3 aromatic carbocycles. The Balaban J connectivity index is 1.83. The molecule has 0 amide bonds. The van der Waals surface area contributed by atoms with E-state index in [-0.39, 0.29) is 11.2 Å². The first-order chi connectivity index (χ1) is 15.4. The molecule has 2 aliphatic rings. The summed E-state index contributed by atoms with van der Waals surface area (Å²) in [5, 5.41) is 12.4. The molecule has 5 rings (SSSR count). The molecule has 1 atom stereocenters. The molecule has 0 spiro atoms. The van der Waals surface area contributed by atoms with Crippen molar-refractivity contribution < 1.29 is 4.79 Å². The highest BCUT2D eigenvalue weighted by atomic mass is 16.1. The highest BCUT2D eigenvalue weighted by molar-refractivity contribution is 6.03. The van der Waals surface area contributed by atoms with Gasteiger partial charge in [0.05, 0.1) is 17.6 Å². The third-order valence-corrected chi connectivity index (χ3v) is 6.53. The van der Waals surface area contributed by atoms with E-state index < -0.39 is 5.92 Å². The summed E-state index contributed by atoms with van der Waals surface area (Å²) in [6, 6.07) is 26.3. The van der Waals surface area contributed by atoms with E-state index in [2.05, 4.69) is 38.1 Å². The molecule has 0 fully saturated rings. The summed E-state index contributed by atoms with van der Waals surface area (Å²) in [6.07, 6.45) is 1.16. The number of rotatable bonds is 2. The SMILES string of the molecule is CC1(C)CC(=O)C2=C(C1)N(c1ccccc1)C(N)=C(C#N)C2c1cccc2ccccc12. The van der Waals surface area contributed by atoms with Gasteiger partial charge in [0.15, 0.2) is 5.78 Å². The van der Waals surface area contributed by atoms with E-state index in [1.807, 2.05) is 59.5 Å². The van der Waals surface area contributed by atoms with Crippen molar-refractivity contribution in [3.63, 3.8) is 0 Å². The van der Waals surface area contributed by atoms with Crippen LogP contribution in [0.25, 0.3) is 10.8 Å². The van der Waals surface area contributed by atoms with Crippen molar-refractivity contribution in [3.8, 4) is 6.07 Å². The zero-order valence-corrected chi connectivity index (χ0v) is 18.3. The number of anilines is 1. The summed E-state index contributed by atoms with van der Waals surface area (Å²) in [6.45, 7) is 4.23. The van der Waals surface area contributed by atoms with Crippen molar-refractivity contribution >= 4 is 22.2 Å². The molecule has 0 aromatic heterocycles. The van der Waals surface area contributed by atoms with Gasteiger partial charge >= 0.3 is 0 Å². The Bertz CT molecular complexity index is 1340. The van der Waals surface area contributed by atoms with Gasteiger partial charge in [0.2, 0.25) is 0 Å². The lowest BCUT2D eigenvalue weighted by Gasteiger charge is -2.44. The number of nitrogens with zero attached hydrogens (tertiary/aromatic N) is 2. The first kappa shape index (κ1) is 20.1. The number of allylic oxidation sites excluding steroid dienone is 3.